The van der Waals surface area contributed by atoms with Crippen LogP contribution in [-0.4, -0.2) is 12.1 Å². The fourth-order valence-corrected chi connectivity index (χ4v) is 1.37. The third-order valence-electron chi connectivity index (χ3n) is 2.22. The molecule has 0 amide bonds. The zero-order chi connectivity index (χ0) is 12.9. The van der Waals surface area contributed by atoms with Crippen LogP contribution >= 0.6 is 0 Å². The van der Waals surface area contributed by atoms with Crippen LogP contribution in [0.2, 0.25) is 0 Å². The molecule has 0 unspecified atom stereocenters. The minimum atomic E-state index is -0.809. The molecule has 0 heterocycles. The highest BCUT2D eigenvalue weighted by molar-refractivity contribution is 5.49. The van der Waals surface area contributed by atoms with E-state index < -0.39 is 11.6 Å². The normalized spacial score (nSPS) is 12.3. The smallest absolute Gasteiger partial charge is 0.159 e. The molecular formula is C14H19F2N. The number of halogens is 2. The second-order valence-electron chi connectivity index (χ2n) is 5.04. The Morgan fingerprint density at radius 2 is 1.88 bits per heavy atom. The Morgan fingerprint density at radius 1 is 1.18 bits per heavy atom. The molecule has 1 N–H and O–H groups in total. The molecule has 0 saturated carbocycles. The maximum absolute atomic E-state index is 12.9. The molecule has 3 heteroatoms. The molecule has 0 atom stereocenters. The number of rotatable bonds is 4. The summed E-state index contributed by atoms with van der Waals surface area (Å²) in [5.41, 5.74) is 0.787. The van der Waals surface area contributed by atoms with Gasteiger partial charge in [-0.1, -0.05) is 18.2 Å². The first-order chi connectivity index (χ1) is 7.88. The molecule has 94 valence electrons. The molecule has 1 rings (SSSR count). The van der Waals surface area contributed by atoms with Crippen molar-refractivity contribution < 1.29 is 8.78 Å². The molecule has 1 aromatic rings. The van der Waals surface area contributed by atoms with Gasteiger partial charge < -0.3 is 5.32 Å². The van der Waals surface area contributed by atoms with Crippen molar-refractivity contribution >= 4 is 6.08 Å². The maximum Gasteiger partial charge on any atom is 0.159 e. The molecule has 0 spiro atoms. The van der Waals surface area contributed by atoms with Gasteiger partial charge in [-0.2, -0.15) is 0 Å². The van der Waals surface area contributed by atoms with Gasteiger partial charge in [0, 0.05) is 5.54 Å². The topological polar surface area (TPSA) is 12.0 Å². The number of hydrogen-bond donors (Lipinski definition) is 1. The van der Waals surface area contributed by atoms with E-state index in [-0.39, 0.29) is 5.54 Å². The zero-order valence-electron chi connectivity index (χ0n) is 10.6. The lowest BCUT2D eigenvalue weighted by molar-refractivity contribution is 0.431. The minimum Gasteiger partial charge on any atom is -0.312 e. The molecule has 0 aromatic heterocycles. The summed E-state index contributed by atoms with van der Waals surface area (Å²) in [6, 6.07) is 3.90. The quantitative estimate of drug-likeness (QED) is 0.789. The lowest BCUT2D eigenvalue weighted by Gasteiger charge is -2.19. The van der Waals surface area contributed by atoms with Crippen LogP contribution in [-0.2, 0) is 0 Å². The summed E-state index contributed by atoms with van der Waals surface area (Å²) in [4.78, 5) is 0. The first-order valence-corrected chi connectivity index (χ1v) is 5.75. The highest BCUT2D eigenvalue weighted by Gasteiger charge is 2.06. The van der Waals surface area contributed by atoms with Gasteiger partial charge in [-0.15, -0.1) is 0 Å². The maximum atomic E-state index is 12.9. The Bertz CT molecular complexity index is 392. The molecule has 0 aliphatic carbocycles. The van der Waals surface area contributed by atoms with Gasteiger partial charge in [0.15, 0.2) is 11.6 Å². The molecule has 0 fully saturated rings. The Labute approximate surface area is 102 Å². The minimum absolute atomic E-state index is 0.107. The monoisotopic (exact) mass is 239 g/mol. The van der Waals surface area contributed by atoms with Crippen LogP contribution in [0.1, 0.15) is 32.8 Å². The second kappa shape index (κ2) is 5.92. The van der Waals surface area contributed by atoms with E-state index >= 15 is 0 Å². The van der Waals surface area contributed by atoms with E-state index in [1.165, 1.54) is 6.07 Å². The molecule has 0 aliphatic rings. The van der Waals surface area contributed by atoms with Crippen molar-refractivity contribution in [1.82, 2.24) is 5.32 Å². The van der Waals surface area contributed by atoms with Gasteiger partial charge in [0.2, 0.25) is 0 Å². The van der Waals surface area contributed by atoms with Crippen molar-refractivity contribution in [3.8, 4) is 0 Å². The van der Waals surface area contributed by atoms with Crippen molar-refractivity contribution in [2.75, 3.05) is 6.54 Å². The molecule has 0 aliphatic heterocycles. The van der Waals surface area contributed by atoms with E-state index in [4.69, 9.17) is 0 Å². The van der Waals surface area contributed by atoms with Crippen molar-refractivity contribution in [2.24, 2.45) is 0 Å². The summed E-state index contributed by atoms with van der Waals surface area (Å²) < 4.78 is 25.6. The van der Waals surface area contributed by atoms with Crippen LogP contribution in [0.3, 0.4) is 0 Å². The highest BCUT2D eigenvalue weighted by Crippen LogP contribution is 2.10. The van der Waals surface area contributed by atoms with Crippen molar-refractivity contribution in [3.05, 3.63) is 41.5 Å². The Hall–Kier alpha value is -1.22. The molecule has 1 aromatic carbocycles. The third-order valence-corrected chi connectivity index (χ3v) is 2.22. The van der Waals surface area contributed by atoms with Gasteiger partial charge in [-0.25, -0.2) is 8.78 Å². The summed E-state index contributed by atoms with van der Waals surface area (Å²) in [6.07, 6.45) is 4.61. The molecule has 0 radical (unpaired) electrons. The average Bonchev–Trinajstić information content (AvgIpc) is 2.21. The van der Waals surface area contributed by atoms with Crippen LogP contribution in [0.15, 0.2) is 24.3 Å². The summed E-state index contributed by atoms with van der Waals surface area (Å²) >= 11 is 0. The number of benzene rings is 1. The SMILES string of the molecule is CC(C)(C)NCCC=Cc1ccc(F)c(F)c1. The summed E-state index contributed by atoms with van der Waals surface area (Å²) in [7, 11) is 0. The highest BCUT2D eigenvalue weighted by atomic mass is 19.2. The number of nitrogens with one attached hydrogen (secondary N) is 1. The lowest BCUT2D eigenvalue weighted by atomic mass is 10.1. The Morgan fingerprint density at radius 3 is 2.47 bits per heavy atom. The third kappa shape index (κ3) is 5.59. The Kier molecular flexibility index (Phi) is 4.82. The van der Waals surface area contributed by atoms with Crippen molar-refractivity contribution in [2.45, 2.75) is 32.7 Å². The summed E-state index contributed by atoms with van der Waals surface area (Å²) in [5.74, 6) is -1.61. The van der Waals surface area contributed by atoms with Crippen molar-refractivity contribution in [3.63, 3.8) is 0 Å². The standard InChI is InChI=1S/C14H19F2N/c1-14(2,3)17-9-5-4-6-11-7-8-12(15)13(16)10-11/h4,6-8,10,17H,5,9H2,1-3H3. The van der Waals surface area contributed by atoms with Gasteiger partial charge in [0.1, 0.15) is 0 Å². The van der Waals surface area contributed by atoms with Crippen LogP contribution in [0.5, 0.6) is 0 Å². The molecule has 0 saturated heterocycles. The van der Waals surface area contributed by atoms with E-state index in [1.54, 1.807) is 12.1 Å². The van der Waals surface area contributed by atoms with Gasteiger partial charge >= 0.3 is 0 Å². The van der Waals surface area contributed by atoms with Crippen LogP contribution in [0, 0.1) is 11.6 Å². The van der Waals surface area contributed by atoms with Crippen LogP contribution in [0.25, 0.3) is 6.08 Å². The van der Waals surface area contributed by atoms with E-state index in [9.17, 15) is 8.78 Å². The van der Waals surface area contributed by atoms with E-state index in [0.717, 1.165) is 19.0 Å². The molecule has 0 bridgehead atoms. The second-order valence-corrected chi connectivity index (χ2v) is 5.04. The first-order valence-electron chi connectivity index (χ1n) is 5.75. The van der Waals surface area contributed by atoms with Gasteiger partial charge in [0.25, 0.3) is 0 Å². The molecule has 1 nitrogen and oxygen atoms in total. The lowest BCUT2D eigenvalue weighted by Crippen LogP contribution is -2.36. The van der Waals surface area contributed by atoms with Crippen LogP contribution < -0.4 is 5.32 Å². The molecular weight excluding hydrogens is 220 g/mol. The average molecular weight is 239 g/mol. The van der Waals surface area contributed by atoms with E-state index in [2.05, 4.69) is 26.1 Å². The van der Waals surface area contributed by atoms with Crippen LogP contribution in [0.4, 0.5) is 8.78 Å². The predicted molar refractivity (Wildman–Crippen MR) is 67.8 cm³/mol. The first kappa shape index (κ1) is 13.8. The van der Waals surface area contributed by atoms with Crippen molar-refractivity contribution in [1.29, 1.82) is 0 Å². The van der Waals surface area contributed by atoms with Gasteiger partial charge in [-0.05, 0) is 51.4 Å². The fraction of sp³-hybridized carbons (Fsp3) is 0.429. The van der Waals surface area contributed by atoms with E-state index in [1.807, 2.05) is 6.08 Å². The molecule has 17 heavy (non-hydrogen) atoms. The van der Waals surface area contributed by atoms with Gasteiger partial charge in [-0.3, -0.25) is 0 Å². The van der Waals surface area contributed by atoms with Gasteiger partial charge in [0.05, 0.1) is 0 Å². The van der Waals surface area contributed by atoms with E-state index in [0.29, 0.717) is 5.56 Å². The summed E-state index contributed by atoms with van der Waals surface area (Å²) in [5, 5.41) is 3.34. The predicted octanol–water partition coefficient (Wildman–Crippen LogP) is 3.76. The Balaban J connectivity index is 2.41. The summed E-state index contributed by atoms with van der Waals surface area (Å²) in [6.45, 7) is 7.17. The largest absolute Gasteiger partial charge is 0.312 e. The fourth-order valence-electron chi connectivity index (χ4n) is 1.37. The number of hydrogen-bond acceptors (Lipinski definition) is 1. The zero-order valence-corrected chi connectivity index (χ0v) is 10.6.